The lowest BCUT2D eigenvalue weighted by Crippen LogP contribution is -2.54. The summed E-state index contributed by atoms with van der Waals surface area (Å²) in [6, 6.07) is 1.85. The van der Waals surface area contributed by atoms with Crippen LogP contribution in [0.5, 0.6) is 0 Å². The molecule has 0 bridgehead atoms. The Morgan fingerprint density at radius 1 is 1.12 bits per heavy atom. The average Bonchev–Trinajstić information content (AvgIpc) is 2.39. The number of likely N-dealkylation sites (tertiary alicyclic amines) is 1. The van der Waals surface area contributed by atoms with Crippen molar-refractivity contribution in [2.75, 3.05) is 6.54 Å². The molecule has 2 N–H and O–H groups in total. The largest absolute Gasteiger partial charge is 0.327 e. The van der Waals surface area contributed by atoms with E-state index in [-0.39, 0.29) is 0 Å². The summed E-state index contributed by atoms with van der Waals surface area (Å²) in [5.41, 5.74) is 6.18. The van der Waals surface area contributed by atoms with Gasteiger partial charge in [-0.25, -0.2) is 0 Å². The highest BCUT2D eigenvalue weighted by Crippen LogP contribution is 2.33. The molecule has 0 spiro atoms. The first-order valence-electron chi connectivity index (χ1n) is 7.73. The van der Waals surface area contributed by atoms with Crippen molar-refractivity contribution in [3.63, 3.8) is 0 Å². The molecule has 1 saturated carbocycles. The van der Waals surface area contributed by atoms with Gasteiger partial charge in [-0.15, -0.1) is 0 Å². The minimum Gasteiger partial charge on any atom is -0.327 e. The Morgan fingerprint density at radius 2 is 1.82 bits per heavy atom. The van der Waals surface area contributed by atoms with Gasteiger partial charge in [0.2, 0.25) is 0 Å². The summed E-state index contributed by atoms with van der Waals surface area (Å²) >= 11 is 0. The Bertz CT molecular complexity index is 219. The van der Waals surface area contributed by atoms with E-state index in [1.54, 1.807) is 0 Å². The summed E-state index contributed by atoms with van der Waals surface area (Å²) < 4.78 is 0. The number of nitrogens with zero attached hydrogens (tertiary/aromatic N) is 1. The van der Waals surface area contributed by atoms with E-state index in [9.17, 15) is 0 Å². The summed E-state index contributed by atoms with van der Waals surface area (Å²) in [6.07, 6.45) is 11.2. The van der Waals surface area contributed by atoms with Crippen molar-refractivity contribution >= 4 is 0 Å². The van der Waals surface area contributed by atoms with Crippen molar-refractivity contribution in [3.8, 4) is 0 Å². The third-order valence-electron chi connectivity index (χ3n) is 5.06. The van der Waals surface area contributed by atoms with Crippen LogP contribution >= 0.6 is 0 Å². The van der Waals surface area contributed by atoms with E-state index in [4.69, 9.17) is 5.73 Å². The highest BCUT2D eigenvalue weighted by atomic mass is 15.2. The summed E-state index contributed by atoms with van der Waals surface area (Å²) in [7, 11) is 0. The molecule has 2 heteroatoms. The van der Waals surface area contributed by atoms with Crippen LogP contribution in [0.3, 0.4) is 0 Å². The molecule has 0 aromatic carbocycles. The lowest BCUT2D eigenvalue weighted by molar-refractivity contribution is 0.0523. The van der Waals surface area contributed by atoms with Gasteiger partial charge in [-0.2, -0.15) is 0 Å². The number of hydrogen-bond donors (Lipinski definition) is 1. The average molecular weight is 238 g/mol. The van der Waals surface area contributed by atoms with Gasteiger partial charge >= 0.3 is 0 Å². The van der Waals surface area contributed by atoms with Crippen LogP contribution in [-0.4, -0.2) is 29.6 Å². The maximum atomic E-state index is 6.18. The van der Waals surface area contributed by atoms with Crippen LogP contribution < -0.4 is 5.73 Å². The molecular formula is C15H30N2. The minimum absolute atomic E-state index is 0.346. The lowest BCUT2D eigenvalue weighted by Gasteiger charge is -2.45. The second kappa shape index (κ2) is 6.19. The van der Waals surface area contributed by atoms with E-state index >= 15 is 0 Å². The summed E-state index contributed by atoms with van der Waals surface area (Å²) in [5.74, 6) is 1.00. The number of hydrogen-bond acceptors (Lipinski definition) is 2. The maximum absolute atomic E-state index is 6.18. The van der Waals surface area contributed by atoms with Crippen LogP contribution in [-0.2, 0) is 0 Å². The lowest BCUT2D eigenvalue weighted by atomic mass is 9.82. The van der Waals surface area contributed by atoms with E-state index in [2.05, 4.69) is 18.7 Å². The zero-order valence-electron chi connectivity index (χ0n) is 11.7. The molecule has 1 heterocycles. The van der Waals surface area contributed by atoms with Gasteiger partial charge in [0.15, 0.2) is 0 Å². The number of rotatable bonds is 3. The molecule has 1 aliphatic heterocycles. The van der Waals surface area contributed by atoms with Crippen molar-refractivity contribution in [3.05, 3.63) is 0 Å². The molecule has 100 valence electrons. The molecule has 17 heavy (non-hydrogen) atoms. The first kappa shape index (κ1) is 13.4. The fourth-order valence-electron chi connectivity index (χ4n) is 3.88. The Kier molecular flexibility index (Phi) is 4.87. The molecule has 2 atom stereocenters. The topological polar surface area (TPSA) is 29.3 Å². The smallest absolute Gasteiger partial charge is 0.0247 e. The van der Waals surface area contributed by atoms with Crippen molar-refractivity contribution in [1.82, 2.24) is 4.90 Å². The third kappa shape index (κ3) is 3.23. The second-order valence-corrected chi connectivity index (χ2v) is 6.24. The first-order valence-corrected chi connectivity index (χ1v) is 7.73. The first-order chi connectivity index (χ1) is 8.22. The standard InChI is InChI=1S/C15H30N2/c1-3-13-7-9-14(10-8-13)17-11-5-4-6-15(17)12(2)16/h12-15H,3-11,16H2,1-2H3. The van der Waals surface area contributed by atoms with Gasteiger partial charge in [0.05, 0.1) is 0 Å². The van der Waals surface area contributed by atoms with Crippen LogP contribution in [0.25, 0.3) is 0 Å². The monoisotopic (exact) mass is 238 g/mol. The zero-order chi connectivity index (χ0) is 12.3. The molecule has 2 rings (SSSR count). The predicted molar refractivity (Wildman–Crippen MR) is 74.0 cm³/mol. The Labute approximate surface area is 107 Å². The van der Waals surface area contributed by atoms with Crippen molar-refractivity contribution in [2.45, 2.75) is 83.3 Å². The maximum Gasteiger partial charge on any atom is 0.0247 e. The van der Waals surface area contributed by atoms with Gasteiger partial charge in [0.1, 0.15) is 0 Å². The zero-order valence-corrected chi connectivity index (χ0v) is 11.7. The van der Waals surface area contributed by atoms with E-state index in [1.807, 2.05) is 0 Å². The molecule has 0 radical (unpaired) electrons. The molecule has 1 aliphatic carbocycles. The normalized spacial score (nSPS) is 37.9. The van der Waals surface area contributed by atoms with Gasteiger partial charge < -0.3 is 5.73 Å². The molecule has 2 unspecified atom stereocenters. The highest BCUT2D eigenvalue weighted by Gasteiger charge is 2.32. The van der Waals surface area contributed by atoms with Crippen LogP contribution in [0.4, 0.5) is 0 Å². The van der Waals surface area contributed by atoms with Gasteiger partial charge in [0.25, 0.3) is 0 Å². The molecule has 2 nitrogen and oxygen atoms in total. The van der Waals surface area contributed by atoms with Crippen molar-refractivity contribution in [1.29, 1.82) is 0 Å². The van der Waals surface area contributed by atoms with Crippen LogP contribution in [0, 0.1) is 5.92 Å². The fraction of sp³-hybridized carbons (Fsp3) is 1.00. The predicted octanol–water partition coefficient (Wildman–Crippen LogP) is 3.16. The molecular weight excluding hydrogens is 208 g/mol. The van der Waals surface area contributed by atoms with Crippen molar-refractivity contribution < 1.29 is 0 Å². The Balaban J connectivity index is 1.91. The molecule has 1 saturated heterocycles. The Hall–Kier alpha value is -0.0800. The van der Waals surface area contributed by atoms with Gasteiger partial charge in [0, 0.05) is 18.1 Å². The number of nitrogens with two attached hydrogens (primary N) is 1. The van der Waals surface area contributed by atoms with Crippen molar-refractivity contribution in [2.24, 2.45) is 11.7 Å². The molecule has 0 aromatic heterocycles. The van der Waals surface area contributed by atoms with E-state index in [0.29, 0.717) is 12.1 Å². The van der Waals surface area contributed by atoms with Crippen LogP contribution in [0.1, 0.15) is 65.2 Å². The van der Waals surface area contributed by atoms with Gasteiger partial charge in [-0.3, -0.25) is 4.90 Å². The molecule has 2 aliphatic rings. The summed E-state index contributed by atoms with van der Waals surface area (Å²) in [6.45, 7) is 5.84. The van der Waals surface area contributed by atoms with E-state index in [1.165, 1.54) is 57.9 Å². The SMILES string of the molecule is CCC1CCC(N2CCCCC2C(C)N)CC1. The van der Waals surface area contributed by atoms with Gasteiger partial charge in [-0.05, 0) is 57.9 Å². The third-order valence-corrected chi connectivity index (χ3v) is 5.06. The fourth-order valence-corrected chi connectivity index (χ4v) is 3.88. The van der Waals surface area contributed by atoms with Crippen LogP contribution in [0.15, 0.2) is 0 Å². The minimum atomic E-state index is 0.346. The highest BCUT2D eigenvalue weighted by molar-refractivity contribution is 4.89. The van der Waals surface area contributed by atoms with E-state index < -0.39 is 0 Å². The number of piperidine rings is 1. The summed E-state index contributed by atoms with van der Waals surface area (Å²) in [5, 5.41) is 0. The molecule has 2 fully saturated rings. The second-order valence-electron chi connectivity index (χ2n) is 6.24. The van der Waals surface area contributed by atoms with E-state index in [0.717, 1.165) is 12.0 Å². The van der Waals surface area contributed by atoms with Crippen LogP contribution in [0.2, 0.25) is 0 Å². The van der Waals surface area contributed by atoms with Gasteiger partial charge in [-0.1, -0.05) is 19.8 Å². The Morgan fingerprint density at radius 3 is 2.41 bits per heavy atom. The quantitative estimate of drug-likeness (QED) is 0.818. The summed E-state index contributed by atoms with van der Waals surface area (Å²) in [4.78, 5) is 2.76. The molecule has 0 amide bonds. The molecule has 0 aromatic rings.